The highest BCUT2D eigenvalue weighted by Crippen LogP contribution is 2.21. The number of hydrogen-bond donors (Lipinski definition) is 1. The van der Waals surface area contributed by atoms with Crippen LogP contribution in [-0.4, -0.2) is 85.6 Å². The number of carbonyl (C=O) groups is 1. The molecule has 2 rings (SSSR count). The van der Waals surface area contributed by atoms with Gasteiger partial charge in [0.1, 0.15) is 0 Å². The fraction of sp³-hybridized carbons (Fsp3) is 0.952. The van der Waals surface area contributed by atoms with Crippen LogP contribution < -0.4 is 5.32 Å². The lowest BCUT2D eigenvalue weighted by Crippen LogP contribution is -2.54. The second-order valence-corrected chi connectivity index (χ2v) is 8.22. The number of piperidine rings is 1. The molecule has 0 aliphatic carbocycles. The predicted octanol–water partition coefficient (Wildman–Crippen LogP) is 2.81. The molecule has 154 valence electrons. The number of nitrogens with one attached hydrogen (secondary N) is 1. The minimum atomic E-state index is 0.209. The highest BCUT2D eigenvalue weighted by Gasteiger charge is 2.31. The molecule has 5 nitrogen and oxygen atoms in total. The van der Waals surface area contributed by atoms with Crippen LogP contribution in [0.4, 0.5) is 0 Å². The summed E-state index contributed by atoms with van der Waals surface area (Å²) in [6.45, 7) is 16.7. The first kappa shape index (κ1) is 23.4. The highest BCUT2D eigenvalue weighted by atomic mass is 16.2. The molecule has 5 heteroatoms. The maximum absolute atomic E-state index is 12.5. The maximum atomic E-state index is 12.5. The summed E-state index contributed by atoms with van der Waals surface area (Å²) >= 11 is 0. The molecule has 0 bridgehead atoms. The van der Waals surface area contributed by atoms with Crippen LogP contribution in [0, 0.1) is 0 Å². The number of rotatable bonds is 7. The van der Waals surface area contributed by atoms with E-state index in [0.717, 1.165) is 52.1 Å². The maximum Gasteiger partial charge on any atom is 0.236 e. The van der Waals surface area contributed by atoms with Gasteiger partial charge in [-0.3, -0.25) is 9.69 Å². The van der Waals surface area contributed by atoms with Crippen LogP contribution in [0.5, 0.6) is 0 Å². The van der Waals surface area contributed by atoms with E-state index in [1.54, 1.807) is 0 Å². The first-order chi connectivity index (χ1) is 12.5. The lowest BCUT2D eigenvalue weighted by atomic mass is 9.90. The van der Waals surface area contributed by atoms with Gasteiger partial charge in [0, 0.05) is 44.8 Å². The van der Waals surface area contributed by atoms with Crippen molar-refractivity contribution in [2.75, 3.05) is 59.4 Å². The molecule has 2 fully saturated rings. The number of amides is 1. The van der Waals surface area contributed by atoms with Crippen LogP contribution in [0.15, 0.2) is 0 Å². The first-order valence-corrected chi connectivity index (χ1v) is 10.9. The van der Waals surface area contributed by atoms with Crippen LogP contribution >= 0.6 is 0 Å². The standard InChI is InChI=1S/C18H36N4O.C3H8/c1-4-5-6-9-20-12-14-21(15-13-20)16-17(23)22-10-7-18(2,19-3)8-11-22;1-3-2/h19H,4-16H2,1-3H3;3H2,1-2H3. The number of piperazine rings is 1. The Morgan fingerprint density at radius 1 is 0.923 bits per heavy atom. The van der Waals surface area contributed by atoms with E-state index in [2.05, 4.69) is 47.7 Å². The summed E-state index contributed by atoms with van der Waals surface area (Å²) in [6, 6.07) is 0. The summed E-state index contributed by atoms with van der Waals surface area (Å²) in [5.41, 5.74) is 0.209. The minimum Gasteiger partial charge on any atom is -0.341 e. The van der Waals surface area contributed by atoms with Gasteiger partial charge in [0.2, 0.25) is 5.91 Å². The third-order valence-corrected chi connectivity index (χ3v) is 5.72. The molecular weight excluding hydrogens is 324 g/mol. The molecule has 26 heavy (non-hydrogen) atoms. The average Bonchev–Trinajstić information content (AvgIpc) is 2.64. The molecule has 2 saturated heterocycles. The molecule has 1 amide bonds. The Balaban J connectivity index is 0.00000105. The molecule has 0 atom stereocenters. The molecule has 0 unspecified atom stereocenters. The van der Waals surface area contributed by atoms with E-state index in [-0.39, 0.29) is 5.54 Å². The van der Waals surface area contributed by atoms with Crippen molar-refractivity contribution in [1.82, 2.24) is 20.0 Å². The Hall–Kier alpha value is -0.650. The van der Waals surface area contributed by atoms with E-state index in [1.807, 2.05) is 7.05 Å². The third kappa shape index (κ3) is 8.36. The Kier molecular flexibility index (Phi) is 11.4. The fourth-order valence-corrected chi connectivity index (χ4v) is 3.55. The molecule has 0 aromatic rings. The minimum absolute atomic E-state index is 0.209. The van der Waals surface area contributed by atoms with Gasteiger partial charge in [0.15, 0.2) is 0 Å². The van der Waals surface area contributed by atoms with Gasteiger partial charge in [0.25, 0.3) is 0 Å². The molecule has 0 radical (unpaired) electrons. The lowest BCUT2D eigenvalue weighted by Gasteiger charge is -2.40. The summed E-state index contributed by atoms with van der Waals surface area (Å²) in [5.74, 6) is 0.322. The number of hydrogen-bond acceptors (Lipinski definition) is 4. The molecular formula is C21H44N4O. The fourth-order valence-electron chi connectivity index (χ4n) is 3.55. The molecule has 0 aromatic carbocycles. The smallest absolute Gasteiger partial charge is 0.236 e. The monoisotopic (exact) mass is 368 g/mol. The van der Waals surface area contributed by atoms with E-state index in [4.69, 9.17) is 0 Å². The highest BCUT2D eigenvalue weighted by molar-refractivity contribution is 5.78. The summed E-state index contributed by atoms with van der Waals surface area (Å²) in [6.07, 6.45) is 7.30. The Labute approximate surface area is 162 Å². The van der Waals surface area contributed by atoms with Crippen LogP contribution in [0.1, 0.15) is 66.2 Å². The zero-order chi connectivity index (χ0) is 19.4. The third-order valence-electron chi connectivity index (χ3n) is 5.72. The molecule has 0 saturated carbocycles. The summed E-state index contributed by atoms with van der Waals surface area (Å²) in [4.78, 5) is 19.5. The van der Waals surface area contributed by atoms with Crippen molar-refractivity contribution in [3.8, 4) is 0 Å². The van der Waals surface area contributed by atoms with E-state index >= 15 is 0 Å². The zero-order valence-corrected chi connectivity index (χ0v) is 18.1. The SMILES string of the molecule is CCC.CCCCCN1CCN(CC(=O)N2CCC(C)(NC)CC2)CC1. The summed E-state index contributed by atoms with van der Waals surface area (Å²) < 4.78 is 0. The van der Waals surface area contributed by atoms with Crippen molar-refractivity contribution in [3.05, 3.63) is 0 Å². The second-order valence-electron chi connectivity index (χ2n) is 8.22. The molecule has 2 aliphatic rings. The normalized spacial score (nSPS) is 21.2. The Morgan fingerprint density at radius 3 is 1.96 bits per heavy atom. The van der Waals surface area contributed by atoms with Crippen molar-refractivity contribution < 1.29 is 4.79 Å². The van der Waals surface area contributed by atoms with Gasteiger partial charge >= 0.3 is 0 Å². The van der Waals surface area contributed by atoms with Gasteiger partial charge < -0.3 is 15.1 Å². The van der Waals surface area contributed by atoms with Crippen LogP contribution in [0.3, 0.4) is 0 Å². The van der Waals surface area contributed by atoms with Gasteiger partial charge in [-0.2, -0.15) is 0 Å². The van der Waals surface area contributed by atoms with Crippen LogP contribution in [-0.2, 0) is 4.79 Å². The molecule has 2 aliphatic heterocycles. The van der Waals surface area contributed by atoms with E-state index in [1.165, 1.54) is 32.2 Å². The van der Waals surface area contributed by atoms with Crippen molar-refractivity contribution in [2.24, 2.45) is 0 Å². The molecule has 1 N–H and O–H groups in total. The van der Waals surface area contributed by atoms with Gasteiger partial charge in [0.05, 0.1) is 6.54 Å². The first-order valence-electron chi connectivity index (χ1n) is 10.9. The molecule has 0 aromatic heterocycles. The van der Waals surface area contributed by atoms with E-state index in [0.29, 0.717) is 12.5 Å². The van der Waals surface area contributed by atoms with Gasteiger partial charge in [-0.05, 0) is 39.8 Å². The Morgan fingerprint density at radius 2 is 1.46 bits per heavy atom. The Bertz CT molecular complexity index is 372. The van der Waals surface area contributed by atoms with Crippen molar-refractivity contribution in [2.45, 2.75) is 71.8 Å². The van der Waals surface area contributed by atoms with E-state index in [9.17, 15) is 4.79 Å². The second kappa shape index (κ2) is 12.7. The number of unbranched alkanes of at least 4 members (excludes halogenated alkanes) is 2. The predicted molar refractivity (Wildman–Crippen MR) is 112 cm³/mol. The van der Waals surface area contributed by atoms with Crippen molar-refractivity contribution in [3.63, 3.8) is 0 Å². The van der Waals surface area contributed by atoms with Crippen molar-refractivity contribution in [1.29, 1.82) is 0 Å². The van der Waals surface area contributed by atoms with Crippen LogP contribution in [0.2, 0.25) is 0 Å². The lowest BCUT2D eigenvalue weighted by molar-refractivity contribution is -0.134. The molecule has 0 spiro atoms. The largest absolute Gasteiger partial charge is 0.341 e. The van der Waals surface area contributed by atoms with Gasteiger partial charge in [-0.1, -0.05) is 40.0 Å². The summed E-state index contributed by atoms with van der Waals surface area (Å²) in [5, 5.41) is 3.39. The average molecular weight is 369 g/mol. The number of carbonyl (C=O) groups excluding carboxylic acids is 1. The van der Waals surface area contributed by atoms with Crippen molar-refractivity contribution >= 4 is 5.91 Å². The quantitative estimate of drug-likeness (QED) is 0.702. The van der Waals surface area contributed by atoms with E-state index < -0.39 is 0 Å². The zero-order valence-electron chi connectivity index (χ0n) is 18.1. The topological polar surface area (TPSA) is 38.8 Å². The number of likely N-dealkylation sites (tertiary alicyclic amines) is 1. The van der Waals surface area contributed by atoms with Gasteiger partial charge in [-0.15, -0.1) is 0 Å². The van der Waals surface area contributed by atoms with Crippen LogP contribution in [0.25, 0.3) is 0 Å². The number of nitrogens with zero attached hydrogens (tertiary/aromatic N) is 3. The van der Waals surface area contributed by atoms with Gasteiger partial charge in [-0.25, -0.2) is 0 Å². The molecule has 2 heterocycles. The summed E-state index contributed by atoms with van der Waals surface area (Å²) in [7, 11) is 2.03.